The van der Waals surface area contributed by atoms with E-state index in [0.717, 1.165) is 0 Å². The molecular weight excluding hydrogens is 264 g/mol. The van der Waals surface area contributed by atoms with Gasteiger partial charge in [0.05, 0.1) is 25.6 Å². The molecule has 0 aromatic carbocycles. The Balaban J connectivity index is 1.85. The van der Waals surface area contributed by atoms with E-state index in [9.17, 15) is 9.59 Å². The topological polar surface area (TPSA) is 71.1 Å². The summed E-state index contributed by atoms with van der Waals surface area (Å²) < 4.78 is 22.1. The summed E-state index contributed by atoms with van der Waals surface area (Å²) in [6.07, 6.45) is 3.70. The first-order valence-electron chi connectivity index (χ1n) is 6.67. The highest BCUT2D eigenvalue weighted by molar-refractivity contribution is 5.74. The molecule has 3 aliphatic rings. The first kappa shape index (κ1) is 13.6. The van der Waals surface area contributed by atoms with E-state index < -0.39 is 11.4 Å². The van der Waals surface area contributed by atoms with Crippen molar-refractivity contribution in [3.63, 3.8) is 0 Å². The Morgan fingerprint density at radius 1 is 1.35 bits per heavy atom. The average molecular weight is 282 g/mol. The highest BCUT2D eigenvalue weighted by atomic mass is 16.7. The highest BCUT2D eigenvalue weighted by Crippen LogP contribution is 2.51. The quantitative estimate of drug-likeness (QED) is 0.433. The summed E-state index contributed by atoms with van der Waals surface area (Å²) in [7, 11) is 0. The third kappa shape index (κ3) is 1.94. The molecule has 2 heterocycles. The van der Waals surface area contributed by atoms with Crippen LogP contribution >= 0.6 is 0 Å². The fraction of sp³-hybridized carbons (Fsp3) is 0.714. The minimum absolute atomic E-state index is 0.0126. The van der Waals surface area contributed by atoms with Crippen LogP contribution in [-0.2, 0) is 28.5 Å². The van der Waals surface area contributed by atoms with E-state index in [2.05, 4.69) is 13.8 Å². The zero-order valence-electron chi connectivity index (χ0n) is 11.6. The number of carbonyl (C=O) groups is 2. The average Bonchev–Trinajstić information content (AvgIpc) is 2.86. The number of fused-ring (bicyclic) bond motifs is 2. The normalized spacial score (nSPS) is 36.7. The van der Waals surface area contributed by atoms with Crippen molar-refractivity contribution in [3.8, 4) is 0 Å². The molecule has 2 fully saturated rings. The second-order valence-electron chi connectivity index (χ2n) is 6.39. The van der Waals surface area contributed by atoms with Gasteiger partial charge in [-0.25, -0.2) is 0 Å². The van der Waals surface area contributed by atoms with Crippen molar-refractivity contribution < 1.29 is 28.5 Å². The van der Waals surface area contributed by atoms with E-state index >= 15 is 0 Å². The Bertz CT molecular complexity index is 458. The molecule has 0 bridgehead atoms. The van der Waals surface area contributed by atoms with E-state index in [1.807, 2.05) is 0 Å². The molecule has 2 saturated heterocycles. The van der Waals surface area contributed by atoms with E-state index in [1.165, 1.54) is 0 Å². The summed E-state index contributed by atoms with van der Waals surface area (Å²) in [4.78, 5) is 22.1. The number of esters is 1. The van der Waals surface area contributed by atoms with Gasteiger partial charge in [0, 0.05) is 5.41 Å². The lowest BCUT2D eigenvalue weighted by atomic mass is 9.85. The number of carbonyl (C=O) groups excluding carboxylic acids is 2. The zero-order valence-corrected chi connectivity index (χ0v) is 11.6. The molecule has 6 nitrogen and oxygen atoms in total. The van der Waals surface area contributed by atoms with Crippen molar-refractivity contribution >= 4 is 12.4 Å². The Morgan fingerprint density at radius 3 is 2.70 bits per heavy atom. The molecule has 3 rings (SSSR count). The van der Waals surface area contributed by atoms with Crippen LogP contribution in [0.1, 0.15) is 20.3 Å². The molecule has 110 valence electrons. The van der Waals surface area contributed by atoms with Gasteiger partial charge in [-0.05, 0) is 12.2 Å². The molecule has 2 aliphatic heterocycles. The van der Waals surface area contributed by atoms with Crippen molar-refractivity contribution in [1.29, 1.82) is 0 Å². The van der Waals surface area contributed by atoms with Crippen LogP contribution in [0.4, 0.5) is 0 Å². The van der Waals surface area contributed by atoms with Gasteiger partial charge in [-0.1, -0.05) is 13.8 Å². The molecule has 0 aromatic rings. The fourth-order valence-electron chi connectivity index (χ4n) is 3.01. The number of ether oxygens (including phenoxy) is 4. The lowest BCUT2D eigenvalue weighted by molar-refractivity contribution is -0.299. The van der Waals surface area contributed by atoms with Gasteiger partial charge in [-0.2, -0.15) is 0 Å². The summed E-state index contributed by atoms with van der Waals surface area (Å²) >= 11 is 0. The first-order valence-corrected chi connectivity index (χ1v) is 6.67. The molecule has 0 radical (unpaired) electrons. The van der Waals surface area contributed by atoms with Crippen LogP contribution in [0.15, 0.2) is 12.2 Å². The maximum Gasteiger partial charge on any atom is 0.307 e. The number of hydrogen-bond donors (Lipinski definition) is 0. The van der Waals surface area contributed by atoms with E-state index in [1.54, 1.807) is 12.2 Å². The Labute approximate surface area is 117 Å². The minimum Gasteiger partial charge on any atom is -0.463 e. The van der Waals surface area contributed by atoms with Crippen molar-refractivity contribution in [1.82, 2.24) is 0 Å². The van der Waals surface area contributed by atoms with Crippen LogP contribution in [0.25, 0.3) is 0 Å². The monoisotopic (exact) mass is 282 g/mol. The largest absolute Gasteiger partial charge is 0.463 e. The van der Waals surface area contributed by atoms with Crippen molar-refractivity contribution in [3.05, 3.63) is 12.2 Å². The minimum atomic E-state index is -0.959. The van der Waals surface area contributed by atoms with Crippen molar-refractivity contribution in [2.45, 2.75) is 31.7 Å². The van der Waals surface area contributed by atoms with Gasteiger partial charge in [0.2, 0.25) is 0 Å². The first-order chi connectivity index (χ1) is 9.41. The van der Waals surface area contributed by atoms with Crippen molar-refractivity contribution in [2.24, 2.45) is 11.3 Å². The third-order valence-corrected chi connectivity index (χ3v) is 4.10. The molecule has 0 N–H and O–H groups in total. The molecule has 0 unspecified atom stereocenters. The number of hydrogen-bond acceptors (Lipinski definition) is 6. The van der Waals surface area contributed by atoms with Gasteiger partial charge < -0.3 is 18.9 Å². The SMILES string of the molecule is CC1(C)COC2(C=C[C@]3(COC=O)OC(=O)C[C@H]23)OC1. The molecule has 1 aliphatic carbocycles. The maximum atomic E-state index is 11.7. The summed E-state index contributed by atoms with van der Waals surface area (Å²) in [5.74, 6) is -1.60. The van der Waals surface area contributed by atoms with Crippen LogP contribution in [-0.4, -0.2) is 43.7 Å². The predicted molar refractivity (Wildman–Crippen MR) is 66.5 cm³/mol. The van der Waals surface area contributed by atoms with Gasteiger partial charge in [0.15, 0.2) is 11.4 Å². The van der Waals surface area contributed by atoms with Crippen LogP contribution in [0.2, 0.25) is 0 Å². The Kier molecular flexibility index (Phi) is 2.92. The van der Waals surface area contributed by atoms with Crippen molar-refractivity contribution in [2.75, 3.05) is 19.8 Å². The lowest BCUT2D eigenvalue weighted by Gasteiger charge is -2.44. The standard InChI is InChI=1S/C14H18O6/c1-12(2)6-18-14(19-7-12)4-3-13(8-17-9-15)10(14)5-11(16)20-13/h3-4,9-10H,5-8H2,1-2H3/t10-,13+/m0/s1. The van der Waals surface area contributed by atoms with Gasteiger partial charge in [-0.3, -0.25) is 9.59 Å². The van der Waals surface area contributed by atoms with E-state index in [0.29, 0.717) is 19.7 Å². The second-order valence-corrected chi connectivity index (χ2v) is 6.39. The molecule has 0 amide bonds. The van der Waals surface area contributed by atoms with Crippen LogP contribution in [0, 0.1) is 11.3 Å². The smallest absolute Gasteiger partial charge is 0.307 e. The summed E-state index contributed by atoms with van der Waals surface area (Å²) in [5.41, 5.74) is -1.02. The zero-order chi connectivity index (χ0) is 14.4. The van der Waals surface area contributed by atoms with Gasteiger partial charge >= 0.3 is 5.97 Å². The molecule has 2 atom stereocenters. The summed E-state index contributed by atoms with van der Waals surface area (Å²) in [5, 5.41) is 0. The highest BCUT2D eigenvalue weighted by Gasteiger charge is 2.64. The summed E-state index contributed by atoms with van der Waals surface area (Å²) in [6, 6.07) is 0. The fourth-order valence-corrected chi connectivity index (χ4v) is 3.01. The van der Waals surface area contributed by atoms with E-state index in [4.69, 9.17) is 18.9 Å². The van der Waals surface area contributed by atoms with Gasteiger partial charge in [0.1, 0.15) is 6.61 Å². The van der Waals surface area contributed by atoms with Gasteiger partial charge in [0.25, 0.3) is 6.47 Å². The van der Waals surface area contributed by atoms with Crippen LogP contribution in [0.3, 0.4) is 0 Å². The third-order valence-electron chi connectivity index (χ3n) is 4.10. The van der Waals surface area contributed by atoms with E-state index in [-0.39, 0.29) is 30.3 Å². The molecule has 20 heavy (non-hydrogen) atoms. The number of rotatable bonds is 3. The Morgan fingerprint density at radius 2 is 2.05 bits per heavy atom. The second kappa shape index (κ2) is 4.30. The molecular formula is C14H18O6. The molecule has 6 heteroatoms. The van der Waals surface area contributed by atoms with Gasteiger partial charge in [-0.15, -0.1) is 0 Å². The Hall–Kier alpha value is -1.40. The lowest BCUT2D eigenvalue weighted by Crippen LogP contribution is -2.53. The maximum absolute atomic E-state index is 11.7. The molecule has 0 aromatic heterocycles. The summed E-state index contributed by atoms with van der Waals surface area (Å²) in [6.45, 7) is 5.51. The predicted octanol–water partition coefficient (Wildman–Crippen LogP) is 0.800. The van der Waals surface area contributed by atoms with Crippen LogP contribution in [0.5, 0.6) is 0 Å². The van der Waals surface area contributed by atoms with Crippen LogP contribution < -0.4 is 0 Å². The molecule has 1 spiro atoms. The molecule has 0 saturated carbocycles.